The standard InChI is InChI=1S/C15H20N2O/c1-4-5-10-17-13-9-7-6-8-12(13)14(16-17)15(18)11(2)3/h6-9,11H,4-5,10H2,1-3H3. The maximum atomic E-state index is 12.2. The number of carbonyl (C=O) groups is 1. The van der Waals surface area contributed by atoms with Crippen LogP contribution in [0.4, 0.5) is 0 Å². The third-order valence-corrected chi connectivity index (χ3v) is 3.14. The Hall–Kier alpha value is -1.64. The summed E-state index contributed by atoms with van der Waals surface area (Å²) in [6.07, 6.45) is 2.21. The fourth-order valence-electron chi connectivity index (χ4n) is 2.06. The number of unbranched alkanes of at least 4 members (excludes halogenated alkanes) is 1. The molecule has 0 saturated heterocycles. The van der Waals surface area contributed by atoms with E-state index in [2.05, 4.69) is 12.0 Å². The fourth-order valence-corrected chi connectivity index (χ4v) is 2.06. The fraction of sp³-hybridized carbons (Fsp3) is 0.467. The number of aromatic nitrogens is 2. The number of Topliss-reactive ketones (excluding diaryl/α,β-unsaturated/α-hetero) is 1. The quantitative estimate of drug-likeness (QED) is 0.752. The summed E-state index contributed by atoms with van der Waals surface area (Å²) >= 11 is 0. The van der Waals surface area contributed by atoms with Crippen LogP contribution in [0.2, 0.25) is 0 Å². The van der Waals surface area contributed by atoms with Crippen LogP contribution < -0.4 is 0 Å². The van der Waals surface area contributed by atoms with Crippen molar-refractivity contribution in [3.05, 3.63) is 30.0 Å². The number of ketones is 1. The van der Waals surface area contributed by atoms with Crippen LogP contribution in [0, 0.1) is 5.92 Å². The molecular weight excluding hydrogens is 224 g/mol. The molecule has 1 heterocycles. The number of aryl methyl sites for hydroxylation is 1. The van der Waals surface area contributed by atoms with Crippen molar-refractivity contribution in [2.24, 2.45) is 5.92 Å². The Labute approximate surface area is 108 Å². The molecule has 0 aliphatic heterocycles. The summed E-state index contributed by atoms with van der Waals surface area (Å²) in [5, 5.41) is 5.49. The van der Waals surface area contributed by atoms with E-state index >= 15 is 0 Å². The first kappa shape index (κ1) is 12.8. The van der Waals surface area contributed by atoms with Gasteiger partial charge in [0.2, 0.25) is 0 Å². The monoisotopic (exact) mass is 244 g/mol. The topological polar surface area (TPSA) is 34.9 Å². The summed E-state index contributed by atoms with van der Waals surface area (Å²) in [5.41, 5.74) is 1.69. The minimum absolute atomic E-state index is 0.0112. The van der Waals surface area contributed by atoms with Crippen LogP contribution in [0.1, 0.15) is 44.1 Å². The van der Waals surface area contributed by atoms with Crippen LogP contribution in [0.15, 0.2) is 24.3 Å². The summed E-state index contributed by atoms with van der Waals surface area (Å²) in [6, 6.07) is 7.98. The number of fused-ring (bicyclic) bond motifs is 1. The van der Waals surface area contributed by atoms with Crippen molar-refractivity contribution in [2.45, 2.75) is 40.2 Å². The highest BCUT2D eigenvalue weighted by Gasteiger charge is 2.18. The van der Waals surface area contributed by atoms with Crippen LogP contribution in [0.5, 0.6) is 0 Å². The largest absolute Gasteiger partial charge is 0.292 e. The second-order valence-electron chi connectivity index (χ2n) is 4.96. The lowest BCUT2D eigenvalue weighted by molar-refractivity contribution is 0.0935. The van der Waals surface area contributed by atoms with E-state index in [4.69, 9.17) is 0 Å². The SMILES string of the molecule is CCCCn1nc(C(=O)C(C)C)c2ccccc21. The van der Waals surface area contributed by atoms with E-state index in [0.29, 0.717) is 5.69 Å². The van der Waals surface area contributed by atoms with Gasteiger partial charge in [0.05, 0.1) is 5.52 Å². The van der Waals surface area contributed by atoms with Crippen molar-refractivity contribution >= 4 is 16.7 Å². The minimum Gasteiger partial charge on any atom is -0.292 e. The molecule has 0 aliphatic rings. The second-order valence-corrected chi connectivity index (χ2v) is 4.96. The van der Waals surface area contributed by atoms with Gasteiger partial charge in [0.25, 0.3) is 0 Å². The van der Waals surface area contributed by atoms with Gasteiger partial charge in [-0.2, -0.15) is 5.10 Å². The second kappa shape index (κ2) is 5.34. The van der Waals surface area contributed by atoms with Crippen LogP contribution >= 0.6 is 0 Å². The third-order valence-electron chi connectivity index (χ3n) is 3.14. The van der Waals surface area contributed by atoms with E-state index in [1.165, 1.54) is 0 Å². The Kier molecular flexibility index (Phi) is 3.80. The van der Waals surface area contributed by atoms with E-state index in [1.54, 1.807) is 0 Å². The smallest absolute Gasteiger partial charge is 0.186 e. The van der Waals surface area contributed by atoms with Gasteiger partial charge in [-0.05, 0) is 12.5 Å². The van der Waals surface area contributed by atoms with Gasteiger partial charge >= 0.3 is 0 Å². The zero-order valence-electron chi connectivity index (χ0n) is 11.3. The lowest BCUT2D eigenvalue weighted by Crippen LogP contribution is -2.09. The lowest BCUT2D eigenvalue weighted by atomic mass is 10.0. The molecule has 0 unspecified atom stereocenters. The molecule has 1 aromatic heterocycles. The Morgan fingerprint density at radius 2 is 2.06 bits per heavy atom. The molecule has 0 aliphatic carbocycles. The molecule has 96 valence electrons. The van der Waals surface area contributed by atoms with Crippen LogP contribution in [0.25, 0.3) is 10.9 Å². The molecule has 0 amide bonds. The molecule has 0 spiro atoms. The van der Waals surface area contributed by atoms with E-state index < -0.39 is 0 Å². The number of rotatable bonds is 5. The first-order valence-electron chi connectivity index (χ1n) is 6.65. The van der Waals surface area contributed by atoms with Gasteiger partial charge in [-0.15, -0.1) is 0 Å². The van der Waals surface area contributed by atoms with E-state index in [9.17, 15) is 4.79 Å². The summed E-state index contributed by atoms with van der Waals surface area (Å²) in [7, 11) is 0. The van der Waals surface area contributed by atoms with E-state index in [0.717, 1.165) is 30.3 Å². The minimum atomic E-state index is -0.0112. The molecule has 18 heavy (non-hydrogen) atoms. The average Bonchev–Trinajstić information content (AvgIpc) is 2.74. The molecule has 0 saturated carbocycles. The summed E-state index contributed by atoms with van der Waals surface area (Å²) in [4.78, 5) is 12.2. The molecule has 2 rings (SSSR count). The molecule has 3 heteroatoms. The van der Waals surface area contributed by atoms with Gasteiger partial charge in [0.1, 0.15) is 5.69 Å². The van der Waals surface area contributed by atoms with E-state index in [1.807, 2.05) is 42.8 Å². The van der Waals surface area contributed by atoms with Crippen LogP contribution in [-0.4, -0.2) is 15.6 Å². The maximum Gasteiger partial charge on any atom is 0.186 e. The van der Waals surface area contributed by atoms with Crippen LogP contribution in [-0.2, 0) is 6.54 Å². The number of para-hydroxylation sites is 1. The molecule has 0 N–H and O–H groups in total. The van der Waals surface area contributed by atoms with Crippen molar-refractivity contribution in [2.75, 3.05) is 0 Å². The van der Waals surface area contributed by atoms with Gasteiger partial charge in [-0.25, -0.2) is 0 Å². The summed E-state index contributed by atoms with van der Waals surface area (Å²) in [5.74, 6) is 0.115. The Balaban J connectivity index is 2.50. The van der Waals surface area contributed by atoms with Gasteiger partial charge in [-0.1, -0.05) is 45.4 Å². The number of carbonyl (C=O) groups excluding carboxylic acids is 1. The number of benzene rings is 1. The van der Waals surface area contributed by atoms with E-state index in [-0.39, 0.29) is 11.7 Å². The molecule has 0 fully saturated rings. The van der Waals surface area contributed by atoms with Gasteiger partial charge in [0, 0.05) is 17.8 Å². The summed E-state index contributed by atoms with van der Waals surface area (Å²) < 4.78 is 1.97. The van der Waals surface area contributed by atoms with Crippen molar-refractivity contribution in [3.8, 4) is 0 Å². The molecule has 0 bridgehead atoms. The highest BCUT2D eigenvalue weighted by atomic mass is 16.1. The predicted octanol–water partition coefficient (Wildman–Crippen LogP) is 3.68. The van der Waals surface area contributed by atoms with Crippen LogP contribution in [0.3, 0.4) is 0 Å². The normalized spacial score (nSPS) is 11.3. The highest BCUT2D eigenvalue weighted by molar-refractivity contribution is 6.06. The predicted molar refractivity (Wildman–Crippen MR) is 73.8 cm³/mol. The Morgan fingerprint density at radius 3 is 2.72 bits per heavy atom. The molecular formula is C15H20N2O. The molecule has 0 atom stereocenters. The number of nitrogens with zero attached hydrogens (tertiary/aromatic N) is 2. The zero-order valence-corrected chi connectivity index (χ0v) is 11.3. The maximum absolute atomic E-state index is 12.2. The molecule has 2 aromatic rings. The molecule has 1 aromatic carbocycles. The van der Waals surface area contributed by atoms with Crippen molar-refractivity contribution < 1.29 is 4.79 Å². The first-order chi connectivity index (χ1) is 8.65. The number of hydrogen-bond donors (Lipinski definition) is 0. The summed E-state index contributed by atoms with van der Waals surface area (Å²) in [6.45, 7) is 6.87. The van der Waals surface area contributed by atoms with Gasteiger partial charge in [-0.3, -0.25) is 9.48 Å². The van der Waals surface area contributed by atoms with Gasteiger partial charge in [0.15, 0.2) is 5.78 Å². The Bertz CT molecular complexity index is 555. The van der Waals surface area contributed by atoms with Crippen molar-refractivity contribution in [1.29, 1.82) is 0 Å². The third kappa shape index (κ3) is 2.30. The van der Waals surface area contributed by atoms with Gasteiger partial charge < -0.3 is 0 Å². The van der Waals surface area contributed by atoms with Crippen molar-refractivity contribution in [3.63, 3.8) is 0 Å². The molecule has 3 nitrogen and oxygen atoms in total. The average molecular weight is 244 g/mol. The van der Waals surface area contributed by atoms with Crippen molar-refractivity contribution in [1.82, 2.24) is 9.78 Å². The lowest BCUT2D eigenvalue weighted by Gasteiger charge is -2.01. The zero-order chi connectivity index (χ0) is 13.1. The highest BCUT2D eigenvalue weighted by Crippen LogP contribution is 2.21. The first-order valence-corrected chi connectivity index (χ1v) is 6.65. The number of hydrogen-bond acceptors (Lipinski definition) is 2. The molecule has 0 radical (unpaired) electrons. The Morgan fingerprint density at radius 1 is 1.33 bits per heavy atom.